The summed E-state index contributed by atoms with van der Waals surface area (Å²) < 4.78 is 52.6. The fourth-order valence-corrected chi connectivity index (χ4v) is 4.90. The standard InChI is InChI=1S/C23H27F2N3O3S/c1-18(28(32(2,30)31)20-10-11-21(24)22(25)17-20)23(29)27-15-13-26(14-16-27)12-6-9-19-7-4-3-5-8-19/h3-11,17-18H,12-16H2,1-2H3/b9-6+. The molecule has 6 nitrogen and oxygen atoms in total. The number of hydrogen-bond acceptors (Lipinski definition) is 4. The first-order valence-electron chi connectivity index (χ1n) is 10.3. The molecule has 1 amide bonds. The van der Waals surface area contributed by atoms with E-state index in [1.807, 2.05) is 36.4 Å². The lowest BCUT2D eigenvalue weighted by Gasteiger charge is -2.37. The van der Waals surface area contributed by atoms with Gasteiger partial charge in [0.05, 0.1) is 11.9 Å². The monoisotopic (exact) mass is 463 g/mol. The molecule has 0 spiro atoms. The van der Waals surface area contributed by atoms with Crippen molar-refractivity contribution in [3.63, 3.8) is 0 Å². The van der Waals surface area contributed by atoms with Gasteiger partial charge in [0.2, 0.25) is 15.9 Å². The van der Waals surface area contributed by atoms with Crippen LogP contribution in [0.4, 0.5) is 14.5 Å². The summed E-state index contributed by atoms with van der Waals surface area (Å²) in [6.45, 7) is 4.43. The lowest BCUT2D eigenvalue weighted by atomic mass is 10.2. The summed E-state index contributed by atoms with van der Waals surface area (Å²) >= 11 is 0. The average molecular weight is 464 g/mol. The van der Waals surface area contributed by atoms with Crippen LogP contribution in [0.25, 0.3) is 6.08 Å². The molecule has 0 saturated carbocycles. The number of sulfonamides is 1. The quantitative estimate of drug-likeness (QED) is 0.634. The van der Waals surface area contributed by atoms with Gasteiger partial charge in [0.1, 0.15) is 6.04 Å². The largest absolute Gasteiger partial charge is 0.338 e. The molecule has 32 heavy (non-hydrogen) atoms. The smallest absolute Gasteiger partial charge is 0.246 e. The first-order chi connectivity index (χ1) is 15.2. The van der Waals surface area contributed by atoms with E-state index in [1.54, 1.807) is 4.90 Å². The summed E-state index contributed by atoms with van der Waals surface area (Å²) in [6.07, 6.45) is 5.06. The van der Waals surface area contributed by atoms with Crippen LogP contribution in [0.1, 0.15) is 12.5 Å². The molecule has 1 heterocycles. The molecule has 2 aromatic rings. The van der Waals surface area contributed by atoms with Crippen LogP contribution in [-0.4, -0.2) is 69.1 Å². The van der Waals surface area contributed by atoms with Crippen molar-refractivity contribution in [2.75, 3.05) is 43.3 Å². The van der Waals surface area contributed by atoms with Crippen molar-refractivity contribution in [3.8, 4) is 0 Å². The van der Waals surface area contributed by atoms with Crippen molar-refractivity contribution in [3.05, 3.63) is 71.8 Å². The lowest BCUT2D eigenvalue weighted by molar-refractivity contribution is -0.133. The zero-order valence-corrected chi connectivity index (χ0v) is 18.9. The molecule has 1 unspecified atom stereocenters. The molecule has 1 aliphatic heterocycles. The van der Waals surface area contributed by atoms with E-state index in [0.717, 1.165) is 40.9 Å². The average Bonchev–Trinajstić information content (AvgIpc) is 2.76. The molecule has 1 saturated heterocycles. The first kappa shape index (κ1) is 23.9. The molecule has 2 aromatic carbocycles. The van der Waals surface area contributed by atoms with Crippen LogP contribution in [0.2, 0.25) is 0 Å². The molecule has 3 rings (SSSR count). The summed E-state index contributed by atoms with van der Waals surface area (Å²) in [5.41, 5.74) is 1.03. The van der Waals surface area contributed by atoms with Gasteiger partial charge in [-0.1, -0.05) is 42.5 Å². The third kappa shape index (κ3) is 5.92. The normalized spacial score (nSPS) is 16.3. The number of halogens is 2. The van der Waals surface area contributed by atoms with E-state index in [1.165, 1.54) is 6.92 Å². The minimum Gasteiger partial charge on any atom is -0.338 e. The minimum absolute atomic E-state index is 0.0862. The Morgan fingerprint density at radius 1 is 1.06 bits per heavy atom. The van der Waals surface area contributed by atoms with E-state index >= 15 is 0 Å². The van der Waals surface area contributed by atoms with Gasteiger partial charge >= 0.3 is 0 Å². The second kappa shape index (κ2) is 10.2. The summed E-state index contributed by atoms with van der Waals surface area (Å²) in [7, 11) is -3.90. The van der Waals surface area contributed by atoms with Gasteiger partial charge in [0.15, 0.2) is 11.6 Å². The van der Waals surface area contributed by atoms with Crippen molar-refractivity contribution in [1.82, 2.24) is 9.80 Å². The van der Waals surface area contributed by atoms with Crippen LogP contribution in [-0.2, 0) is 14.8 Å². The van der Waals surface area contributed by atoms with E-state index in [4.69, 9.17) is 0 Å². The molecule has 0 N–H and O–H groups in total. The van der Waals surface area contributed by atoms with E-state index in [0.29, 0.717) is 26.2 Å². The molecule has 0 bridgehead atoms. The van der Waals surface area contributed by atoms with Gasteiger partial charge < -0.3 is 4.90 Å². The number of amides is 1. The summed E-state index contributed by atoms with van der Waals surface area (Å²) in [6, 6.07) is 11.7. The van der Waals surface area contributed by atoms with Gasteiger partial charge in [-0.3, -0.25) is 14.0 Å². The number of carbonyl (C=O) groups excluding carboxylic acids is 1. The third-order valence-electron chi connectivity index (χ3n) is 5.38. The first-order valence-corrected chi connectivity index (χ1v) is 12.2. The zero-order chi connectivity index (χ0) is 23.3. The molecular weight excluding hydrogens is 436 g/mol. The number of piperazine rings is 1. The Labute approximate surface area is 187 Å². The number of benzene rings is 2. The van der Waals surface area contributed by atoms with Gasteiger partial charge in [-0.15, -0.1) is 0 Å². The molecule has 1 fully saturated rings. The van der Waals surface area contributed by atoms with Gasteiger partial charge in [-0.2, -0.15) is 0 Å². The summed E-state index contributed by atoms with van der Waals surface area (Å²) in [4.78, 5) is 16.9. The summed E-state index contributed by atoms with van der Waals surface area (Å²) in [5.74, 6) is -2.63. The number of carbonyl (C=O) groups is 1. The highest BCUT2D eigenvalue weighted by molar-refractivity contribution is 7.92. The van der Waals surface area contributed by atoms with E-state index in [2.05, 4.69) is 11.0 Å². The SMILES string of the molecule is CC(C(=O)N1CCN(C/C=C/c2ccccc2)CC1)N(c1ccc(F)c(F)c1)S(C)(=O)=O. The zero-order valence-electron chi connectivity index (χ0n) is 18.1. The highest BCUT2D eigenvalue weighted by atomic mass is 32.2. The number of rotatable bonds is 7. The van der Waals surface area contributed by atoms with Crippen LogP contribution < -0.4 is 4.31 Å². The Morgan fingerprint density at radius 2 is 1.72 bits per heavy atom. The fourth-order valence-electron chi connectivity index (χ4n) is 3.74. The van der Waals surface area contributed by atoms with Crippen molar-refractivity contribution in [2.45, 2.75) is 13.0 Å². The Kier molecular flexibility index (Phi) is 7.63. The maximum Gasteiger partial charge on any atom is 0.246 e. The van der Waals surface area contributed by atoms with E-state index < -0.39 is 27.7 Å². The van der Waals surface area contributed by atoms with Crippen molar-refractivity contribution >= 4 is 27.7 Å². The van der Waals surface area contributed by atoms with Gasteiger partial charge in [-0.05, 0) is 24.6 Å². The Bertz CT molecular complexity index is 1070. The van der Waals surface area contributed by atoms with Crippen LogP contribution in [0, 0.1) is 11.6 Å². The van der Waals surface area contributed by atoms with E-state index in [-0.39, 0.29) is 11.6 Å². The van der Waals surface area contributed by atoms with Crippen molar-refractivity contribution in [2.24, 2.45) is 0 Å². The second-order valence-electron chi connectivity index (χ2n) is 7.77. The predicted octanol–water partition coefficient (Wildman–Crippen LogP) is 2.98. The van der Waals surface area contributed by atoms with Gasteiger partial charge in [0, 0.05) is 38.8 Å². The second-order valence-corrected chi connectivity index (χ2v) is 9.63. The third-order valence-corrected chi connectivity index (χ3v) is 6.62. The molecule has 9 heteroatoms. The Morgan fingerprint density at radius 3 is 2.31 bits per heavy atom. The number of hydrogen-bond donors (Lipinski definition) is 0. The highest BCUT2D eigenvalue weighted by Gasteiger charge is 2.33. The molecular formula is C23H27F2N3O3S. The number of nitrogens with zero attached hydrogens (tertiary/aromatic N) is 3. The number of anilines is 1. The van der Waals surface area contributed by atoms with Crippen LogP contribution in [0.5, 0.6) is 0 Å². The van der Waals surface area contributed by atoms with Crippen LogP contribution >= 0.6 is 0 Å². The van der Waals surface area contributed by atoms with Gasteiger partial charge in [-0.25, -0.2) is 17.2 Å². The molecule has 1 aliphatic rings. The van der Waals surface area contributed by atoms with Crippen molar-refractivity contribution in [1.29, 1.82) is 0 Å². The molecule has 0 aliphatic carbocycles. The predicted molar refractivity (Wildman–Crippen MR) is 122 cm³/mol. The molecule has 1 atom stereocenters. The van der Waals surface area contributed by atoms with Crippen molar-refractivity contribution < 1.29 is 22.0 Å². The van der Waals surface area contributed by atoms with E-state index in [9.17, 15) is 22.0 Å². The minimum atomic E-state index is -3.90. The van der Waals surface area contributed by atoms with Crippen LogP contribution in [0.15, 0.2) is 54.6 Å². The molecule has 0 radical (unpaired) electrons. The molecule has 172 valence electrons. The lowest BCUT2D eigenvalue weighted by Crippen LogP contribution is -2.55. The Hall–Kier alpha value is -2.78. The van der Waals surface area contributed by atoms with Gasteiger partial charge in [0.25, 0.3) is 0 Å². The highest BCUT2D eigenvalue weighted by Crippen LogP contribution is 2.24. The Balaban J connectivity index is 1.62. The van der Waals surface area contributed by atoms with Crippen LogP contribution in [0.3, 0.4) is 0 Å². The fraction of sp³-hybridized carbons (Fsp3) is 0.348. The summed E-state index contributed by atoms with van der Waals surface area (Å²) in [5, 5.41) is 0. The molecule has 0 aromatic heterocycles. The maximum absolute atomic E-state index is 13.7. The maximum atomic E-state index is 13.7. The topological polar surface area (TPSA) is 60.9 Å².